The molecule has 0 heterocycles. The largest absolute Gasteiger partial charge is 0.507 e. The molecular weight excluding hydrogens is 512 g/mol. The summed E-state index contributed by atoms with van der Waals surface area (Å²) in [6.45, 7) is 26.2. The summed E-state index contributed by atoms with van der Waals surface area (Å²) < 4.78 is 0. The van der Waals surface area contributed by atoms with Crippen molar-refractivity contribution in [3.05, 3.63) is 57.6 Å². The molecule has 2 rings (SSSR count). The Labute approximate surface area is 248 Å². The Kier molecular flexibility index (Phi) is 10.1. The molecule has 0 aliphatic carbocycles. The van der Waals surface area contributed by atoms with Crippen LogP contribution in [0.2, 0.25) is 0 Å². The zero-order chi connectivity index (χ0) is 31.7. The summed E-state index contributed by atoms with van der Waals surface area (Å²) in [5, 5.41) is 28.3. The van der Waals surface area contributed by atoms with Crippen molar-refractivity contribution in [3.63, 3.8) is 0 Å². The van der Waals surface area contributed by atoms with E-state index in [1.54, 1.807) is 24.3 Å². The van der Waals surface area contributed by atoms with Gasteiger partial charge in [-0.2, -0.15) is 0 Å². The molecule has 0 aliphatic rings. The van der Waals surface area contributed by atoms with Crippen LogP contribution in [0, 0.1) is 0 Å². The zero-order valence-corrected chi connectivity index (χ0v) is 27.7. The molecule has 0 aliphatic heterocycles. The lowest BCUT2D eigenvalue weighted by Crippen LogP contribution is -2.48. The van der Waals surface area contributed by atoms with Crippen LogP contribution in [0.25, 0.3) is 0 Å². The van der Waals surface area contributed by atoms with Gasteiger partial charge in [-0.15, -0.1) is 0 Å². The van der Waals surface area contributed by atoms with Gasteiger partial charge in [-0.05, 0) is 58.8 Å². The number of hydrogen-bond acceptors (Lipinski definition) is 4. The number of rotatable bonds is 7. The number of amides is 2. The molecule has 228 valence electrons. The van der Waals surface area contributed by atoms with Crippen LogP contribution in [0.3, 0.4) is 0 Å². The Balaban J connectivity index is 2.51. The summed E-state index contributed by atoms with van der Waals surface area (Å²) in [5.41, 5.74) is 2.24. The highest BCUT2D eigenvalue weighted by Crippen LogP contribution is 2.41. The van der Waals surface area contributed by atoms with Gasteiger partial charge in [-0.25, -0.2) is 0 Å². The van der Waals surface area contributed by atoms with Crippen LogP contribution >= 0.6 is 0 Å². The number of aromatic hydroxyl groups is 2. The highest BCUT2D eigenvalue weighted by atomic mass is 16.3. The fourth-order valence-corrected chi connectivity index (χ4v) is 4.89. The van der Waals surface area contributed by atoms with Crippen LogP contribution in [-0.2, 0) is 21.7 Å². The molecule has 0 unspecified atom stereocenters. The van der Waals surface area contributed by atoms with Gasteiger partial charge in [0.05, 0.1) is 0 Å². The first-order chi connectivity index (χ1) is 18.5. The van der Waals surface area contributed by atoms with Gasteiger partial charge in [0.1, 0.15) is 17.7 Å². The fourth-order valence-electron chi connectivity index (χ4n) is 4.89. The summed E-state index contributed by atoms with van der Waals surface area (Å²) >= 11 is 0. The van der Waals surface area contributed by atoms with E-state index in [9.17, 15) is 19.8 Å². The van der Waals surface area contributed by atoms with Crippen LogP contribution < -0.4 is 10.6 Å². The van der Waals surface area contributed by atoms with Crippen molar-refractivity contribution in [3.8, 4) is 11.5 Å². The molecule has 0 atom stereocenters. The molecule has 0 bridgehead atoms. The molecule has 6 nitrogen and oxygen atoms in total. The van der Waals surface area contributed by atoms with Crippen LogP contribution in [-0.4, -0.2) is 28.2 Å². The van der Waals surface area contributed by atoms with Crippen molar-refractivity contribution in [1.29, 1.82) is 0 Å². The number of hydrogen-bond donors (Lipinski definition) is 4. The smallest absolute Gasteiger partial charge is 0.252 e. The van der Waals surface area contributed by atoms with E-state index in [1.165, 1.54) is 0 Å². The maximum Gasteiger partial charge on any atom is 0.252 e. The molecule has 4 N–H and O–H groups in total. The minimum Gasteiger partial charge on any atom is -0.507 e. The highest BCUT2D eigenvalue weighted by Gasteiger charge is 2.30. The third kappa shape index (κ3) is 8.50. The minimum atomic E-state index is -0.593. The Hall–Kier alpha value is -3.02. The van der Waals surface area contributed by atoms with Crippen LogP contribution in [0.5, 0.6) is 11.5 Å². The van der Waals surface area contributed by atoms with Crippen molar-refractivity contribution in [1.82, 2.24) is 10.6 Å². The Morgan fingerprint density at radius 3 is 1.10 bits per heavy atom. The third-order valence-corrected chi connectivity index (χ3v) is 7.43. The van der Waals surface area contributed by atoms with E-state index in [4.69, 9.17) is 0 Å². The average Bonchev–Trinajstić information content (AvgIpc) is 2.79. The highest BCUT2D eigenvalue weighted by molar-refractivity contribution is 5.97. The predicted molar refractivity (Wildman–Crippen MR) is 169 cm³/mol. The van der Waals surface area contributed by atoms with E-state index >= 15 is 0 Å². The molecule has 0 aromatic heterocycles. The average molecular weight is 567 g/mol. The summed E-state index contributed by atoms with van der Waals surface area (Å²) in [7, 11) is 0. The van der Waals surface area contributed by atoms with Crippen molar-refractivity contribution < 1.29 is 19.8 Å². The quantitative estimate of drug-likeness (QED) is 0.256. The lowest BCUT2D eigenvalue weighted by atomic mass is 9.78. The first kappa shape index (κ1) is 34.2. The van der Waals surface area contributed by atoms with Crippen LogP contribution in [0.15, 0.2) is 24.3 Å². The number of carbonyl (C=O) groups excluding carboxylic acids is 2. The maximum absolute atomic E-state index is 13.6. The molecular formula is C35H54N2O4. The summed E-state index contributed by atoms with van der Waals surface area (Å²) in [4.78, 5) is 27.3. The van der Waals surface area contributed by atoms with Gasteiger partial charge >= 0.3 is 0 Å². The van der Waals surface area contributed by atoms with Gasteiger partial charge < -0.3 is 20.8 Å². The minimum absolute atomic E-state index is 0.217. The summed E-state index contributed by atoms with van der Waals surface area (Å²) in [6.07, 6.45) is 1.70. The second-order valence-electron chi connectivity index (χ2n) is 15.5. The van der Waals surface area contributed by atoms with Gasteiger partial charge in [-0.1, -0.05) is 96.4 Å². The van der Waals surface area contributed by atoms with E-state index in [2.05, 4.69) is 17.6 Å². The van der Waals surface area contributed by atoms with E-state index in [-0.39, 0.29) is 45.0 Å². The fraction of sp³-hybridized carbons (Fsp3) is 0.600. The number of nitrogens with one attached hydrogen (secondary N) is 2. The lowest BCUT2D eigenvalue weighted by molar-refractivity contribution is 0.0879. The Morgan fingerprint density at radius 2 is 0.878 bits per heavy atom. The van der Waals surface area contributed by atoms with Gasteiger partial charge in [0.15, 0.2) is 0 Å². The SMILES string of the molecule is CCCCC(NC(=O)c1cc(C(C)(C)C)c(O)c(C(C)(C)C)c1)NC(=O)c1cc(C(C)(C)C)c(O)c(C(C)(C)C)c1. The molecule has 41 heavy (non-hydrogen) atoms. The molecule has 2 aromatic carbocycles. The zero-order valence-electron chi connectivity index (χ0n) is 27.7. The van der Waals surface area contributed by atoms with E-state index in [0.717, 1.165) is 12.8 Å². The van der Waals surface area contributed by atoms with Crippen molar-refractivity contribution in [2.24, 2.45) is 0 Å². The first-order valence-electron chi connectivity index (χ1n) is 14.9. The molecule has 0 saturated carbocycles. The van der Waals surface area contributed by atoms with E-state index < -0.39 is 6.17 Å². The van der Waals surface area contributed by atoms with Crippen LogP contribution in [0.4, 0.5) is 0 Å². The standard InChI is InChI=1S/C35H54N2O4/c1-14-15-16-27(36-30(40)21-17-23(32(2,3)4)28(38)24(18-21)33(5,6)7)37-31(41)22-19-25(34(8,9)10)29(39)26(20-22)35(11,12)13/h17-20,27,38-39H,14-16H2,1-13H3,(H,36,40)(H,37,41). The Bertz CT molecular complexity index is 1100. The third-order valence-electron chi connectivity index (χ3n) is 7.43. The number of unbranched alkanes of at least 4 members (excludes halogenated alkanes) is 1. The molecule has 0 fully saturated rings. The Morgan fingerprint density at radius 1 is 0.610 bits per heavy atom. The maximum atomic E-state index is 13.6. The topological polar surface area (TPSA) is 98.7 Å². The molecule has 0 radical (unpaired) electrons. The summed E-state index contributed by atoms with van der Waals surface area (Å²) in [5.74, 6) is -0.180. The number of carbonyl (C=O) groups is 2. The number of phenolic OH excluding ortho intramolecular Hbond substituents is 2. The molecule has 0 spiro atoms. The second-order valence-corrected chi connectivity index (χ2v) is 15.5. The van der Waals surface area contributed by atoms with Gasteiger partial charge in [-0.3, -0.25) is 9.59 Å². The molecule has 6 heteroatoms. The van der Waals surface area contributed by atoms with Gasteiger partial charge in [0, 0.05) is 33.4 Å². The monoisotopic (exact) mass is 566 g/mol. The van der Waals surface area contributed by atoms with E-state index in [0.29, 0.717) is 39.8 Å². The molecule has 2 amide bonds. The van der Waals surface area contributed by atoms with Crippen molar-refractivity contribution in [2.45, 2.75) is 137 Å². The lowest BCUT2D eigenvalue weighted by Gasteiger charge is -2.29. The number of benzene rings is 2. The van der Waals surface area contributed by atoms with Crippen molar-refractivity contribution >= 4 is 11.8 Å². The van der Waals surface area contributed by atoms with Crippen molar-refractivity contribution in [2.75, 3.05) is 0 Å². The molecule has 0 saturated heterocycles. The van der Waals surface area contributed by atoms with E-state index in [1.807, 2.05) is 83.1 Å². The first-order valence-corrected chi connectivity index (χ1v) is 14.9. The number of phenols is 2. The summed E-state index contributed by atoms with van der Waals surface area (Å²) in [6, 6.07) is 7.02. The molecule has 2 aromatic rings. The van der Waals surface area contributed by atoms with Gasteiger partial charge in [0.2, 0.25) is 0 Å². The predicted octanol–water partition coefficient (Wildman–Crippen LogP) is 7.96. The second kappa shape index (κ2) is 12.1. The normalized spacial score (nSPS) is 12.9. The van der Waals surface area contributed by atoms with Crippen LogP contribution in [0.1, 0.15) is 152 Å². The van der Waals surface area contributed by atoms with Gasteiger partial charge in [0.25, 0.3) is 11.8 Å².